The summed E-state index contributed by atoms with van der Waals surface area (Å²) >= 11 is 9.09. The van der Waals surface area contributed by atoms with Gasteiger partial charge in [0.1, 0.15) is 5.75 Å². The quantitative estimate of drug-likeness (QED) is 0.670. The molecule has 104 valence electrons. The van der Waals surface area contributed by atoms with E-state index in [0.717, 1.165) is 0 Å². The zero-order valence-corrected chi connectivity index (χ0v) is 13.1. The third kappa shape index (κ3) is 3.94. The van der Waals surface area contributed by atoms with Crippen LogP contribution in [0.4, 0.5) is 0 Å². The van der Waals surface area contributed by atoms with Gasteiger partial charge in [0, 0.05) is 12.0 Å². The topological polar surface area (TPSA) is 63.6 Å². The van der Waals surface area contributed by atoms with Gasteiger partial charge in [0.25, 0.3) is 0 Å². The molecule has 0 amide bonds. The summed E-state index contributed by atoms with van der Waals surface area (Å²) in [4.78, 5) is 23.4. The fourth-order valence-electron chi connectivity index (χ4n) is 1.41. The number of ether oxygens (including phenoxy) is 1. The van der Waals surface area contributed by atoms with E-state index in [1.807, 2.05) is 0 Å². The largest absolute Gasteiger partial charge is 0.506 e. The van der Waals surface area contributed by atoms with Gasteiger partial charge < -0.3 is 9.84 Å². The van der Waals surface area contributed by atoms with E-state index in [4.69, 9.17) is 11.6 Å². The molecule has 1 aromatic rings. The maximum absolute atomic E-state index is 11.9. The lowest BCUT2D eigenvalue weighted by molar-refractivity contribution is -0.119. The van der Waals surface area contributed by atoms with Crippen LogP contribution < -0.4 is 0 Å². The lowest BCUT2D eigenvalue weighted by atomic mass is 9.98. The molecule has 0 aliphatic carbocycles. The average Bonchev–Trinajstić information content (AvgIpc) is 2.32. The number of carbonyl (C=O) groups excluding carboxylic acids is 2. The number of hydrogen-bond acceptors (Lipinski definition) is 4. The summed E-state index contributed by atoms with van der Waals surface area (Å²) in [6, 6.07) is 2.71. The predicted molar refractivity (Wildman–Crippen MR) is 76.2 cm³/mol. The number of phenols is 1. The number of carbonyl (C=O) groups is 2. The molecule has 0 bridgehead atoms. The summed E-state index contributed by atoms with van der Waals surface area (Å²) in [5.41, 5.74) is 0.492. The molecule has 0 spiro atoms. The molecule has 0 aliphatic heterocycles. The van der Waals surface area contributed by atoms with Crippen LogP contribution >= 0.6 is 27.5 Å². The third-order valence-electron chi connectivity index (χ3n) is 2.58. The van der Waals surface area contributed by atoms with Gasteiger partial charge in [-0.25, -0.2) is 4.79 Å². The minimum atomic E-state index is -0.715. The average molecular weight is 350 g/mol. The smallest absolute Gasteiger partial charge is 0.337 e. The summed E-state index contributed by atoms with van der Waals surface area (Å²) in [5.74, 6) is -0.908. The van der Waals surface area contributed by atoms with Gasteiger partial charge in [-0.15, -0.1) is 0 Å². The van der Waals surface area contributed by atoms with Crippen LogP contribution in [-0.4, -0.2) is 28.3 Å². The number of alkyl halides is 1. The Hall–Kier alpha value is -1.07. The lowest BCUT2D eigenvalue weighted by Gasteiger charge is -2.15. The Labute approximate surface area is 124 Å². The molecule has 0 unspecified atom stereocenters. The molecule has 19 heavy (non-hydrogen) atoms. The molecule has 0 heterocycles. The highest BCUT2D eigenvalue weighted by molar-refractivity contribution is 9.10. The number of hydrogen-bond donors (Lipinski definition) is 1. The van der Waals surface area contributed by atoms with Crippen molar-refractivity contribution >= 4 is 39.3 Å². The summed E-state index contributed by atoms with van der Waals surface area (Å²) in [6.07, 6.45) is -0.0331. The molecule has 0 aliphatic rings. The molecule has 1 rings (SSSR count). The van der Waals surface area contributed by atoms with Crippen molar-refractivity contribution in [1.82, 2.24) is 0 Å². The minimum absolute atomic E-state index is 0.0121. The normalized spacial score (nSPS) is 11.2. The van der Waals surface area contributed by atoms with Crippen molar-refractivity contribution in [3.05, 3.63) is 28.3 Å². The number of rotatable bonds is 4. The van der Waals surface area contributed by atoms with Gasteiger partial charge >= 0.3 is 5.97 Å². The predicted octanol–water partition coefficient (Wildman–Crippen LogP) is 3.12. The standard InChI is InChI=1S/C13H14BrClO4/c1-13(2,14)10(16)6-7-4-8(12(18)19-3)5-9(15)11(7)17/h4-5,17H,6H2,1-3H3. The van der Waals surface area contributed by atoms with E-state index in [2.05, 4.69) is 20.7 Å². The van der Waals surface area contributed by atoms with E-state index < -0.39 is 10.3 Å². The SMILES string of the molecule is COC(=O)c1cc(Cl)c(O)c(CC(=O)C(C)(C)Br)c1. The monoisotopic (exact) mass is 348 g/mol. The van der Waals surface area contributed by atoms with E-state index in [9.17, 15) is 14.7 Å². The molecule has 6 heteroatoms. The van der Waals surface area contributed by atoms with Gasteiger partial charge in [-0.3, -0.25) is 4.79 Å². The van der Waals surface area contributed by atoms with Gasteiger partial charge in [-0.1, -0.05) is 27.5 Å². The van der Waals surface area contributed by atoms with Crippen molar-refractivity contribution < 1.29 is 19.4 Å². The van der Waals surface area contributed by atoms with Crippen LogP contribution in [0.15, 0.2) is 12.1 Å². The molecule has 1 N–H and O–H groups in total. The number of ketones is 1. The second-order valence-corrected chi connectivity index (χ2v) is 6.92. The molecule has 0 atom stereocenters. The fourth-order valence-corrected chi connectivity index (χ4v) is 1.79. The molecular weight excluding hydrogens is 335 g/mol. The second-order valence-electron chi connectivity index (χ2n) is 4.53. The van der Waals surface area contributed by atoms with Crippen LogP contribution in [-0.2, 0) is 16.0 Å². The van der Waals surface area contributed by atoms with Gasteiger partial charge in [-0.2, -0.15) is 0 Å². The first-order valence-electron chi connectivity index (χ1n) is 5.48. The van der Waals surface area contributed by atoms with Crippen molar-refractivity contribution in [3.8, 4) is 5.75 Å². The van der Waals surface area contributed by atoms with Crippen LogP contribution in [0.5, 0.6) is 5.75 Å². The molecular formula is C13H14BrClO4. The number of phenolic OH excluding ortho intramolecular Hbond substituents is 1. The molecule has 1 aromatic carbocycles. The lowest BCUT2D eigenvalue weighted by Crippen LogP contribution is -2.26. The first-order chi connectivity index (χ1) is 8.66. The van der Waals surface area contributed by atoms with E-state index >= 15 is 0 Å². The van der Waals surface area contributed by atoms with Gasteiger partial charge in [0.15, 0.2) is 5.78 Å². The highest BCUT2D eigenvalue weighted by Crippen LogP contribution is 2.31. The number of methoxy groups -OCH3 is 1. The van der Waals surface area contributed by atoms with Crippen LogP contribution in [0.3, 0.4) is 0 Å². The van der Waals surface area contributed by atoms with Crippen molar-refractivity contribution in [1.29, 1.82) is 0 Å². The third-order valence-corrected chi connectivity index (χ3v) is 3.31. The van der Waals surface area contributed by atoms with Crippen LogP contribution in [0.25, 0.3) is 0 Å². The zero-order chi connectivity index (χ0) is 14.8. The fraction of sp³-hybridized carbons (Fsp3) is 0.385. The maximum atomic E-state index is 11.9. The van der Waals surface area contributed by atoms with Crippen LogP contribution in [0.2, 0.25) is 5.02 Å². The maximum Gasteiger partial charge on any atom is 0.337 e. The van der Waals surface area contributed by atoms with E-state index in [1.165, 1.54) is 19.2 Å². The summed E-state index contributed by atoms with van der Waals surface area (Å²) in [6.45, 7) is 3.41. The van der Waals surface area contributed by atoms with Crippen LogP contribution in [0, 0.1) is 0 Å². The Morgan fingerprint density at radius 2 is 2.00 bits per heavy atom. The summed E-state index contributed by atoms with van der Waals surface area (Å²) < 4.78 is 3.87. The Morgan fingerprint density at radius 3 is 2.47 bits per heavy atom. The minimum Gasteiger partial charge on any atom is -0.506 e. The molecule has 0 fully saturated rings. The van der Waals surface area contributed by atoms with Gasteiger partial charge in [0.2, 0.25) is 0 Å². The van der Waals surface area contributed by atoms with Crippen molar-refractivity contribution in [3.63, 3.8) is 0 Å². The Bertz CT molecular complexity index is 520. The van der Waals surface area contributed by atoms with E-state index in [0.29, 0.717) is 5.56 Å². The number of benzene rings is 1. The number of esters is 1. The van der Waals surface area contributed by atoms with Crippen LogP contribution in [0.1, 0.15) is 29.8 Å². The summed E-state index contributed by atoms with van der Waals surface area (Å²) in [7, 11) is 1.25. The molecule has 0 saturated heterocycles. The molecule has 0 radical (unpaired) electrons. The first kappa shape index (κ1) is 16.0. The summed E-state index contributed by atoms with van der Waals surface area (Å²) in [5, 5.41) is 9.85. The first-order valence-corrected chi connectivity index (χ1v) is 6.65. The van der Waals surface area contributed by atoms with E-state index in [-0.39, 0.29) is 28.5 Å². The van der Waals surface area contributed by atoms with Crippen molar-refractivity contribution in [2.75, 3.05) is 7.11 Å². The molecule has 4 nitrogen and oxygen atoms in total. The zero-order valence-electron chi connectivity index (χ0n) is 10.8. The Morgan fingerprint density at radius 1 is 1.42 bits per heavy atom. The van der Waals surface area contributed by atoms with Crippen molar-refractivity contribution in [2.24, 2.45) is 0 Å². The second kappa shape index (κ2) is 5.92. The molecule has 0 saturated carbocycles. The van der Waals surface area contributed by atoms with Gasteiger partial charge in [0.05, 0.1) is 22.0 Å². The van der Waals surface area contributed by atoms with Gasteiger partial charge in [-0.05, 0) is 26.0 Å². The molecule has 0 aromatic heterocycles. The number of halogens is 2. The number of Topliss-reactive ketones (excluding diaryl/α,β-unsaturated/α-hetero) is 1. The van der Waals surface area contributed by atoms with Crippen molar-refractivity contribution in [2.45, 2.75) is 24.6 Å². The van der Waals surface area contributed by atoms with E-state index in [1.54, 1.807) is 13.8 Å². The Kier molecular flexibility index (Phi) is 4.98. The Balaban J connectivity index is 3.17. The number of aromatic hydroxyl groups is 1. The highest BCUT2D eigenvalue weighted by atomic mass is 79.9. The highest BCUT2D eigenvalue weighted by Gasteiger charge is 2.25.